The zero-order valence-electron chi connectivity index (χ0n) is 12.8. The monoisotopic (exact) mass is 334 g/mol. The Morgan fingerprint density at radius 2 is 1.78 bits per heavy atom. The second kappa shape index (κ2) is 6.70. The number of anilines is 2. The van der Waals surface area contributed by atoms with Gasteiger partial charge in [0.2, 0.25) is 0 Å². The Balaban J connectivity index is 1.99. The van der Waals surface area contributed by atoms with Crippen LogP contribution >= 0.6 is 11.6 Å². The fourth-order valence-corrected chi connectivity index (χ4v) is 3.24. The van der Waals surface area contributed by atoms with Crippen molar-refractivity contribution in [1.82, 2.24) is 9.97 Å². The van der Waals surface area contributed by atoms with E-state index in [0.29, 0.717) is 17.0 Å². The molecule has 0 spiro atoms. The molecule has 1 heterocycles. The van der Waals surface area contributed by atoms with Crippen LogP contribution in [0.5, 0.6) is 0 Å². The summed E-state index contributed by atoms with van der Waals surface area (Å²) >= 11 is 6.36. The number of hydrogen-bond donors (Lipinski definition) is 3. The van der Waals surface area contributed by atoms with Gasteiger partial charge < -0.3 is 5.32 Å². The number of halogens is 1. The van der Waals surface area contributed by atoms with Crippen LogP contribution in [0.4, 0.5) is 11.5 Å². The van der Waals surface area contributed by atoms with E-state index in [2.05, 4.69) is 15.3 Å². The van der Waals surface area contributed by atoms with Crippen molar-refractivity contribution < 1.29 is 10.4 Å². The first kappa shape index (κ1) is 16.0. The predicted octanol–water partition coefficient (Wildman–Crippen LogP) is 4.04. The van der Waals surface area contributed by atoms with Gasteiger partial charge in [0.25, 0.3) is 0 Å². The lowest BCUT2D eigenvalue weighted by molar-refractivity contribution is 0.0292. The van der Waals surface area contributed by atoms with E-state index in [-0.39, 0.29) is 10.9 Å². The highest BCUT2D eigenvalue weighted by Crippen LogP contribution is 2.35. The number of nitrogens with zero attached hydrogens (tertiary/aromatic N) is 3. The molecule has 1 aromatic heterocycles. The summed E-state index contributed by atoms with van der Waals surface area (Å²) in [6.07, 6.45) is 4.71. The van der Waals surface area contributed by atoms with Gasteiger partial charge in [0, 0.05) is 6.04 Å². The number of benzene rings is 1. The van der Waals surface area contributed by atoms with Crippen LogP contribution in [0.15, 0.2) is 24.3 Å². The zero-order chi connectivity index (χ0) is 16.4. The maximum atomic E-state index is 9.05. The highest BCUT2D eigenvalue weighted by molar-refractivity contribution is 6.32. The molecule has 0 saturated heterocycles. The van der Waals surface area contributed by atoms with Gasteiger partial charge in [0.15, 0.2) is 0 Å². The van der Waals surface area contributed by atoms with Crippen LogP contribution < -0.4 is 10.5 Å². The minimum atomic E-state index is 0.0781. The normalized spacial score (nSPS) is 15.0. The first-order valence-corrected chi connectivity index (χ1v) is 8.01. The molecule has 1 aliphatic carbocycles. The van der Waals surface area contributed by atoms with Gasteiger partial charge in [-0.25, -0.2) is 9.97 Å². The maximum absolute atomic E-state index is 9.05. The van der Waals surface area contributed by atoms with E-state index in [1.54, 1.807) is 24.3 Å². The molecule has 3 rings (SSSR count). The van der Waals surface area contributed by atoms with Crippen LogP contribution in [-0.4, -0.2) is 26.4 Å². The zero-order valence-corrected chi connectivity index (χ0v) is 13.6. The quantitative estimate of drug-likeness (QED) is 0.578. The van der Waals surface area contributed by atoms with Gasteiger partial charge in [-0.3, -0.25) is 10.4 Å². The summed E-state index contributed by atoms with van der Waals surface area (Å²) in [5.74, 6) is 1.35. The molecule has 0 unspecified atom stereocenters. The number of nitrogens with one attached hydrogen (secondary N) is 1. The summed E-state index contributed by atoms with van der Waals surface area (Å²) in [6, 6.07) is 7.10. The van der Waals surface area contributed by atoms with Gasteiger partial charge in [-0.05, 0) is 37.5 Å². The van der Waals surface area contributed by atoms with Crippen LogP contribution in [0.2, 0.25) is 5.15 Å². The summed E-state index contributed by atoms with van der Waals surface area (Å²) in [6.45, 7) is 1.81. The highest BCUT2D eigenvalue weighted by Gasteiger charge is 2.20. The lowest BCUT2D eigenvalue weighted by Crippen LogP contribution is -2.17. The molecule has 7 heteroatoms. The van der Waals surface area contributed by atoms with E-state index in [1.165, 1.54) is 12.8 Å². The summed E-state index contributed by atoms with van der Waals surface area (Å²) in [5, 5.41) is 22.0. The van der Waals surface area contributed by atoms with Crippen LogP contribution in [0.1, 0.15) is 31.5 Å². The van der Waals surface area contributed by atoms with E-state index in [4.69, 9.17) is 22.0 Å². The Kier molecular flexibility index (Phi) is 4.66. The number of rotatable bonds is 4. The minimum absolute atomic E-state index is 0.0781. The lowest BCUT2D eigenvalue weighted by Gasteiger charge is -2.18. The summed E-state index contributed by atoms with van der Waals surface area (Å²) in [7, 11) is 0. The molecule has 2 aromatic rings. The fourth-order valence-electron chi connectivity index (χ4n) is 2.92. The second-order valence-corrected chi connectivity index (χ2v) is 6.11. The maximum Gasteiger partial charge on any atom is 0.142 e. The Morgan fingerprint density at radius 3 is 2.39 bits per heavy atom. The predicted molar refractivity (Wildman–Crippen MR) is 89.1 cm³/mol. The third-order valence-corrected chi connectivity index (χ3v) is 4.33. The van der Waals surface area contributed by atoms with Crippen molar-refractivity contribution in [2.24, 2.45) is 0 Å². The van der Waals surface area contributed by atoms with Crippen molar-refractivity contribution in [3.05, 3.63) is 35.2 Å². The van der Waals surface area contributed by atoms with Crippen LogP contribution in [0, 0.1) is 6.92 Å². The van der Waals surface area contributed by atoms with E-state index >= 15 is 0 Å². The van der Waals surface area contributed by atoms with Crippen LogP contribution in [-0.2, 0) is 0 Å². The van der Waals surface area contributed by atoms with Crippen molar-refractivity contribution in [1.29, 1.82) is 0 Å². The first-order valence-electron chi connectivity index (χ1n) is 7.63. The molecule has 0 amide bonds. The smallest absolute Gasteiger partial charge is 0.142 e. The average Bonchev–Trinajstić information content (AvgIpc) is 3.00. The van der Waals surface area contributed by atoms with Gasteiger partial charge in [0.1, 0.15) is 16.8 Å². The van der Waals surface area contributed by atoms with E-state index in [1.807, 2.05) is 6.92 Å². The van der Waals surface area contributed by atoms with Crippen molar-refractivity contribution in [3.63, 3.8) is 0 Å². The largest absolute Gasteiger partial charge is 0.367 e. The van der Waals surface area contributed by atoms with E-state index in [9.17, 15) is 0 Å². The van der Waals surface area contributed by atoms with Gasteiger partial charge in [-0.1, -0.05) is 36.6 Å². The fraction of sp³-hybridized carbons (Fsp3) is 0.375. The lowest BCUT2D eigenvalue weighted by atomic mass is 10.1. The number of aromatic nitrogens is 2. The third-order valence-electron chi connectivity index (χ3n) is 4.06. The molecule has 23 heavy (non-hydrogen) atoms. The second-order valence-electron chi connectivity index (χ2n) is 5.75. The Hall–Kier alpha value is -1.89. The Labute approximate surface area is 139 Å². The summed E-state index contributed by atoms with van der Waals surface area (Å²) < 4.78 is 0. The third kappa shape index (κ3) is 3.55. The van der Waals surface area contributed by atoms with E-state index in [0.717, 1.165) is 29.8 Å². The Bertz CT molecular complexity index is 685. The van der Waals surface area contributed by atoms with Crippen LogP contribution in [0.3, 0.4) is 0 Å². The SMILES string of the molecule is Cc1nc(Cl)c(-c2ccc(N(O)O)cc2)c(NC2CCCC2)n1. The van der Waals surface area contributed by atoms with Crippen molar-refractivity contribution in [2.45, 2.75) is 38.6 Å². The molecule has 0 radical (unpaired) electrons. The number of hydrogen-bond acceptors (Lipinski definition) is 6. The van der Waals surface area contributed by atoms with E-state index < -0.39 is 0 Å². The summed E-state index contributed by atoms with van der Waals surface area (Å²) in [4.78, 5) is 8.76. The van der Waals surface area contributed by atoms with Gasteiger partial charge >= 0.3 is 0 Å². The van der Waals surface area contributed by atoms with Crippen molar-refractivity contribution in [3.8, 4) is 11.1 Å². The van der Waals surface area contributed by atoms with Crippen molar-refractivity contribution in [2.75, 3.05) is 10.5 Å². The molecular formula is C16H19ClN4O2. The average molecular weight is 335 g/mol. The summed E-state index contributed by atoms with van der Waals surface area (Å²) in [5.41, 5.74) is 1.82. The topological polar surface area (TPSA) is 81.5 Å². The first-order chi connectivity index (χ1) is 11.0. The molecule has 6 nitrogen and oxygen atoms in total. The molecular weight excluding hydrogens is 316 g/mol. The molecule has 1 aliphatic rings. The molecule has 0 aliphatic heterocycles. The van der Waals surface area contributed by atoms with Gasteiger partial charge in [0.05, 0.1) is 11.3 Å². The molecule has 1 saturated carbocycles. The van der Waals surface area contributed by atoms with Crippen LogP contribution in [0.25, 0.3) is 11.1 Å². The molecule has 0 atom stereocenters. The van der Waals surface area contributed by atoms with Gasteiger partial charge in [-0.15, -0.1) is 5.23 Å². The molecule has 3 N–H and O–H groups in total. The molecule has 1 aromatic carbocycles. The molecule has 0 bridgehead atoms. The molecule has 122 valence electrons. The number of aryl methyl sites for hydroxylation is 1. The van der Waals surface area contributed by atoms with Gasteiger partial charge in [-0.2, -0.15) is 0 Å². The minimum Gasteiger partial charge on any atom is -0.367 e. The highest BCUT2D eigenvalue weighted by atomic mass is 35.5. The molecule has 1 fully saturated rings. The standard InChI is InChI=1S/C16H19ClN4O2/c1-10-18-15(17)14(11-6-8-13(9-7-11)21(22)23)16(19-10)20-12-4-2-3-5-12/h6-9,12,22-23H,2-5H2,1H3,(H,18,19,20). The Morgan fingerprint density at radius 1 is 1.13 bits per heavy atom. The van der Waals surface area contributed by atoms with Crippen molar-refractivity contribution >= 4 is 23.1 Å².